The molecule has 1 aliphatic rings. The van der Waals surface area contributed by atoms with Gasteiger partial charge in [-0.2, -0.15) is 0 Å². The Balaban J connectivity index is 2.18. The van der Waals surface area contributed by atoms with Crippen LogP contribution in [-0.4, -0.2) is 18.6 Å². The Morgan fingerprint density at radius 3 is 2.68 bits per heavy atom. The fourth-order valence-electron chi connectivity index (χ4n) is 1.88. The summed E-state index contributed by atoms with van der Waals surface area (Å²) >= 11 is 3.24. The van der Waals surface area contributed by atoms with Crippen molar-refractivity contribution in [3.8, 4) is 11.5 Å². The lowest BCUT2D eigenvalue weighted by molar-refractivity contribution is -0.385. The first kappa shape index (κ1) is 14.1. The summed E-state index contributed by atoms with van der Waals surface area (Å²) in [7, 11) is 1.53. The minimum absolute atomic E-state index is 0.0547. The van der Waals surface area contributed by atoms with Crippen LogP contribution in [0.4, 0.5) is 5.69 Å². The van der Waals surface area contributed by atoms with Crippen molar-refractivity contribution in [3.63, 3.8) is 0 Å². The van der Waals surface area contributed by atoms with E-state index >= 15 is 0 Å². The largest absolute Gasteiger partial charge is 0.493 e. The minimum atomic E-state index is -0.399. The molecule has 0 N–H and O–H groups in total. The van der Waals surface area contributed by atoms with Crippen LogP contribution in [0, 0.1) is 16.0 Å². The van der Waals surface area contributed by atoms with Crippen LogP contribution in [0.1, 0.15) is 24.8 Å². The lowest BCUT2D eigenvalue weighted by Crippen LogP contribution is -2.02. The summed E-state index contributed by atoms with van der Waals surface area (Å²) in [6.07, 6.45) is 3.53. The van der Waals surface area contributed by atoms with Gasteiger partial charge < -0.3 is 9.47 Å². The smallest absolute Gasteiger partial charge is 0.277 e. The van der Waals surface area contributed by atoms with Gasteiger partial charge in [-0.1, -0.05) is 28.8 Å². The van der Waals surface area contributed by atoms with Crippen LogP contribution in [0.15, 0.2) is 12.1 Å². The van der Waals surface area contributed by atoms with Crippen LogP contribution >= 0.6 is 15.9 Å². The number of nitro benzene ring substituents is 1. The highest BCUT2D eigenvalue weighted by molar-refractivity contribution is 9.08. The van der Waals surface area contributed by atoms with Gasteiger partial charge >= 0.3 is 0 Å². The van der Waals surface area contributed by atoms with Crippen molar-refractivity contribution in [2.75, 3.05) is 13.7 Å². The molecule has 0 saturated heterocycles. The van der Waals surface area contributed by atoms with Gasteiger partial charge in [-0.25, -0.2) is 0 Å². The maximum Gasteiger partial charge on any atom is 0.277 e. The molecule has 19 heavy (non-hydrogen) atoms. The molecule has 0 radical (unpaired) electrons. The number of ether oxygens (including phenoxy) is 2. The summed E-state index contributed by atoms with van der Waals surface area (Å²) in [6.45, 7) is 0.575. The Morgan fingerprint density at radius 2 is 2.16 bits per heavy atom. The highest BCUT2D eigenvalue weighted by atomic mass is 79.9. The maximum atomic E-state index is 11.0. The minimum Gasteiger partial charge on any atom is -0.493 e. The third-order valence-corrected chi connectivity index (χ3v) is 3.79. The van der Waals surface area contributed by atoms with Crippen LogP contribution < -0.4 is 9.47 Å². The highest BCUT2D eigenvalue weighted by Crippen LogP contribution is 2.37. The number of alkyl halides is 1. The van der Waals surface area contributed by atoms with Crippen molar-refractivity contribution in [3.05, 3.63) is 27.8 Å². The van der Waals surface area contributed by atoms with Crippen molar-refractivity contribution >= 4 is 21.6 Å². The van der Waals surface area contributed by atoms with E-state index in [2.05, 4.69) is 15.9 Å². The average Bonchev–Trinajstić information content (AvgIpc) is 3.22. The number of rotatable bonds is 7. The van der Waals surface area contributed by atoms with Gasteiger partial charge in [-0.15, -0.1) is 0 Å². The van der Waals surface area contributed by atoms with E-state index in [4.69, 9.17) is 9.47 Å². The highest BCUT2D eigenvalue weighted by Gasteiger charge is 2.22. The fourth-order valence-corrected chi connectivity index (χ4v) is 2.33. The molecular formula is C13H16BrNO4. The number of hydrogen-bond acceptors (Lipinski definition) is 4. The monoisotopic (exact) mass is 329 g/mol. The van der Waals surface area contributed by atoms with Crippen molar-refractivity contribution in [1.82, 2.24) is 0 Å². The molecule has 6 heteroatoms. The lowest BCUT2D eigenvalue weighted by Gasteiger charge is -2.12. The van der Waals surface area contributed by atoms with Crippen LogP contribution in [-0.2, 0) is 5.33 Å². The summed E-state index contributed by atoms with van der Waals surface area (Å²) in [5.41, 5.74) is 0.635. The molecule has 0 atom stereocenters. The van der Waals surface area contributed by atoms with Gasteiger partial charge in [-0.3, -0.25) is 10.1 Å². The molecule has 0 bridgehead atoms. The van der Waals surface area contributed by atoms with Crippen LogP contribution in [0.5, 0.6) is 11.5 Å². The Hall–Kier alpha value is -1.30. The molecule has 0 unspecified atom stereocenters. The molecule has 5 nitrogen and oxygen atoms in total. The van der Waals surface area contributed by atoms with E-state index in [1.165, 1.54) is 26.0 Å². The number of hydrogen-bond donors (Lipinski definition) is 0. The first-order chi connectivity index (χ1) is 9.15. The zero-order valence-electron chi connectivity index (χ0n) is 10.7. The van der Waals surface area contributed by atoms with Gasteiger partial charge in [0, 0.05) is 10.9 Å². The van der Waals surface area contributed by atoms with E-state index in [1.54, 1.807) is 6.07 Å². The Bertz CT molecular complexity index is 474. The van der Waals surface area contributed by atoms with Crippen LogP contribution in [0.25, 0.3) is 0 Å². The predicted octanol–water partition coefficient (Wildman–Crippen LogP) is 3.68. The third kappa shape index (κ3) is 3.59. The standard InChI is InChI=1S/C13H16BrNO4/c1-18-12-6-10(8-14)11(15(16)17)7-13(12)19-5-4-9-2-3-9/h6-7,9H,2-5,8H2,1H3. The first-order valence-electron chi connectivity index (χ1n) is 6.19. The lowest BCUT2D eigenvalue weighted by atomic mass is 10.2. The van der Waals surface area contributed by atoms with Gasteiger partial charge in [0.15, 0.2) is 11.5 Å². The molecule has 1 aromatic rings. The zero-order chi connectivity index (χ0) is 13.8. The van der Waals surface area contributed by atoms with Crippen molar-refractivity contribution in [1.29, 1.82) is 0 Å². The van der Waals surface area contributed by atoms with Crippen LogP contribution in [0.3, 0.4) is 0 Å². The van der Waals surface area contributed by atoms with E-state index in [0.717, 1.165) is 12.3 Å². The molecule has 0 amide bonds. The second-order valence-electron chi connectivity index (χ2n) is 4.60. The van der Waals surface area contributed by atoms with Gasteiger partial charge in [0.25, 0.3) is 5.69 Å². The molecule has 1 aliphatic carbocycles. The molecule has 1 aromatic carbocycles. The summed E-state index contributed by atoms with van der Waals surface area (Å²) in [5, 5.41) is 11.4. The summed E-state index contributed by atoms with van der Waals surface area (Å²) in [5.74, 6) is 1.75. The van der Waals surface area contributed by atoms with Gasteiger partial charge in [0.1, 0.15) is 0 Å². The molecule has 0 aliphatic heterocycles. The van der Waals surface area contributed by atoms with E-state index in [-0.39, 0.29) is 5.69 Å². The quantitative estimate of drug-likeness (QED) is 0.435. The fraction of sp³-hybridized carbons (Fsp3) is 0.538. The number of halogens is 1. The molecule has 1 saturated carbocycles. The van der Waals surface area contributed by atoms with E-state index in [0.29, 0.717) is 29.0 Å². The van der Waals surface area contributed by atoms with Crippen molar-refractivity contribution in [2.24, 2.45) is 5.92 Å². The van der Waals surface area contributed by atoms with E-state index < -0.39 is 4.92 Å². The Morgan fingerprint density at radius 1 is 1.42 bits per heavy atom. The van der Waals surface area contributed by atoms with Gasteiger partial charge in [-0.05, 0) is 18.4 Å². The second kappa shape index (κ2) is 6.23. The summed E-state index contributed by atoms with van der Waals surface area (Å²) in [6, 6.07) is 3.10. The molecule has 1 fully saturated rings. The van der Waals surface area contributed by atoms with E-state index in [9.17, 15) is 10.1 Å². The molecule has 2 rings (SSSR count). The third-order valence-electron chi connectivity index (χ3n) is 3.19. The van der Waals surface area contributed by atoms with Gasteiger partial charge in [0.05, 0.1) is 24.7 Å². The van der Waals surface area contributed by atoms with Crippen molar-refractivity contribution < 1.29 is 14.4 Å². The first-order valence-corrected chi connectivity index (χ1v) is 7.32. The molecule has 104 valence electrons. The molecular weight excluding hydrogens is 314 g/mol. The van der Waals surface area contributed by atoms with E-state index in [1.807, 2.05) is 0 Å². The van der Waals surface area contributed by atoms with Gasteiger partial charge in [0.2, 0.25) is 0 Å². The molecule has 0 aromatic heterocycles. The SMILES string of the molecule is COc1cc(CBr)c([N+](=O)[O-])cc1OCCC1CC1. The Kier molecular flexibility index (Phi) is 4.63. The number of nitrogens with zero attached hydrogens (tertiary/aromatic N) is 1. The maximum absolute atomic E-state index is 11.0. The number of benzene rings is 1. The Labute approximate surface area is 120 Å². The van der Waals surface area contributed by atoms with Crippen LogP contribution in [0.2, 0.25) is 0 Å². The molecule has 0 heterocycles. The molecule has 0 spiro atoms. The average molecular weight is 330 g/mol. The summed E-state index contributed by atoms with van der Waals surface area (Å²) < 4.78 is 10.9. The predicted molar refractivity (Wildman–Crippen MR) is 75.1 cm³/mol. The summed E-state index contributed by atoms with van der Waals surface area (Å²) in [4.78, 5) is 10.6. The number of nitro groups is 1. The second-order valence-corrected chi connectivity index (χ2v) is 5.16. The zero-order valence-corrected chi connectivity index (χ0v) is 12.3. The normalized spacial score (nSPS) is 14.2. The van der Waals surface area contributed by atoms with Crippen molar-refractivity contribution in [2.45, 2.75) is 24.6 Å². The number of methoxy groups -OCH3 is 1. The topological polar surface area (TPSA) is 61.6 Å².